The summed E-state index contributed by atoms with van der Waals surface area (Å²) in [6, 6.07) is 9.89. The molecule has 2 aromatic rings. The zero-order chi connectivity index (χ0) is 24.0. The van der Waals surface area contributed by atoms with Crippen LogP contribution in [0.15, 0.2) is 47.6 Å². The van der Waals surface area contributed by atoms with Crippen molar-refractivity contribution in [1.29, 1.82) is 0 Å². The molecular weight excluding hydrogens is 445 g/mol. The summed E-state index contributed by atoms with van der Waals surface area (Å²) < 4.78 is 44.5. The largest absolute Gasteiger partial charge is 0.451 e. The molecule has 33 heavy (non-hydrogen) atoms. The number of hydrogen-bond donors (Lipinski definition) is 2. The highest BCUT2D eigenvalue weighted by Crippen LogP contribution is 2.20. The van der Waals surface area contributed by atoms with Gasteiger partial charge in [-0.25, -0.2) is 23.0 Å². The van der Waals surface area contributed by atoms with Gasteiger partial charge in [0.1, 0.15) is 5.71 Å². The Labute approximate surface area is 185 Å². The Kier molecular flexibility index (Phi) is 7.38. The van der Waals surface area contributed by atoms with Crippen molar-refractivity contribution in [3.8, 4) is 0 Å². The highest BCUT2D eigenvalue weighted by atomic mass is 19.2. The zero-order valence-electron chi connectivity index (χ0n) is 16.9. The molecule has 3 rings (SSSR count). The van der Waals surface area contributed by atoms with E-state index < -0.39 is 54.1 Å². The Bertz CT molecular complexity index is 1120. The van der Waals surface area contributed by atoms with Crippen LogP contribution in [0.2, 0.25) is 0 Å². The van der Waals surface area contributed by atoms with Gasteiger partial charge in [0.2, 0.25) is 11.8 Å². The second-order valence-electron chi connectivity index (χ2n) is 6.71. The molecule has 172 valence electrons. The topological polar surface area (TPSA) is 117 Å². The van der Waals surface area contributed by atoms with Gasteiger partial charge in [-0.15, -0.1) is 0 Å². The monoisotopic (exact) mass is 462 g/mol. The number of para-hydroxylation sites is 1. The van der Waals surface area contributed by atoms with Crippen LogP contribution in [-0.4, -0.2) is 42.6 Å². The standard InChI is InChI=1S/C21H17F3N4O5/c22-13-6-7-14(20(24)19(13)23)26-16(29)10-25-17(30)11-33-21(32)15-8-9-18(31)28(27-15)12-4-2-1-3-5-12/h1-7H,8-11H2,(H,25,30)(H,26,29). The van der Waals surface area contributed by atoms with Crippen molar-refractivity contribution in [2.75, 3.05) is 23.5 Å². The summed E-state index contributed by atoms with van der Waals surface area (Å²) in [7, 11) is 0. The molecule has 0 atom stereocenters. The van der Waals surface area contributed by atoms with Crippen molar-refractivity contribution in [2.45, 2.75) is 12.8 Å². The van der Waals surface area contributed by atoms with Gasteiger partial charge in [0, 0.05) is 12.8 Å². The lowest BCUT2D eigenvalue weighted by molar-refractivity contribution is -0.142. The number of esters is 1. The third kappa shape index (κ3) is 5.93. The Hall–Kier alpha value is -4.22. The van der Waals surface area contributed by atoms with Crippen LogP contribution in [0.25, 0.3) is 0 Å². The van der Waals surface area contributed by atoms with Crippen LogP contribution in [0.5, 0.6) is 0 Å². The maximum absolute atomic E-state index is 13.6. The van der Waals surface area contributed by atoms with Gasteiger partial charge in [0.15, 0.2) is 24.1 Å². The third-order valence-electron chi connectivity index (χ3n) is 4.36. The molecule has 1 aliphatic heterocycles. The minimum absolute atomic E-state index is 0.0235. The van der Waals surface area contributed by atoms with E-state index in [0.717, 1.165) is 11.1 Å². The number of carbonyl (C=O) groups is 4. The molecule has 0 aliphatic carbocycles. The summed E-state index contributed by atoms with van der Waals surface area (Å²) in [6.45, 7) is -1.39. The van der Waals surface area contributed by atoms with Gasteiger partial charge in [-0.1, -0.05) is 18.2 Å². The fourth-order valence-corrected chi connectivity index (χ4v) is 2.73. The number of nitrogens with one attached hydrogen (secondary N) is 2. The molecule has 1 aliphatic rings. The van der Waals surface area contributed by atoms with E-state index in [-0.39, 0.29) is 24.5 Å². The molecule has 0 spiro atoms. The van der Waals surface area contributed by atoms with Crippen LogP contribution in [0.1, 0.15) is 12.8 Å². The van der Waals surface area contributed by atoms with E-state index in [1.165, 1.54) is 0 Å². The molecule has 2 aromatic carbocycles. The van der Waals surface area contributed by atoms with Gasteiger partial charge in [-0.3, -0.25) is 14.4 Å². The second-order valence-corrected chi connectivity index (χ2v) is 6.71. The van der Waals surface area contributed by atoms with Gasteiger partial charge in [-0.05, 0) is 24.3 Å². The molecule has 0 fully saturated rings. The first-order chi connectivity index (χ1) is 15.8. The predicted octanol–water partition coefficient (Wildman–Crippen LogP) is 1.88. The maximum Gasteiger partial charge on any atom is 0.355 e. The van der Waals surface area contributed by atoms with Crippen LogP contribution >= 0.6 is 0 Å². The van der Waals surface area contributed by atoms with E-state index in [0.29, 0.717) is 11.8 Å². The molecule has 1 heterocycles. The number of rotatable bonds is 7. The van der Waals surface area contributed by atoms with Crippen LogP contribution in [0.4, 0.5) is 24.5 Å². The molecule has 0 bridgehead atoms. The molecule has 0 unspecified atom stereocenters. The molecule has 0 saturated carbocycles. The summed E-state index contributed by atoms with van der Waals surface area (Å²) in [5.74, 6) is -7.74. The van der Waals surface area contributed by atoms with Crippen molar-refractivity contribution < 1.29 is 37.1 Å². The lowest BCUT2D eigenvalue weighted by atomic mass is 10.1. The normalized spacial score (nSPS) is 13.2. The number of hydrogen-bond acceptors (Lipinski definition) is 6. The minimum Gasteiger partial charge on any atom is -0.451 e. The summed E-state index contributed by atoms with van der Waals surface area (Å²) in [6.07, 6.45) is 0.0561. The van der Waals surface area contributed by atoms with Gasteiger partial charge in [0.25, 0.3) is 5.91 Å². The molecule has 0 radical (unpaired) electrons. The van der Waals surface area contributed by atoms with Crippen LogP contribution < -0.4 is 15.6 Å². The van der Waals surface area contributed by atoms with Crippen LogP contribution in [0.3, 0.4) is 0 Å². The number of halogens is 3. The molecule has 3 amide bonds. The van der Waals surface area contributed by atoms with E-state index in [9.17, 15) is 32.3 Å². The van der Waals surface area contributed by atoms with Crippen LogP contribution in [0, 0.1) is 17.5 Å². The van der Waals surface area contributed by atoms with Crippen molar-refractivity contribution >= 4 is 40.8 Å². The maximum atomic E-state index is 13.6. The average Bonchev–Trinajstić information content (AvgIpc) is 2.82. The summed E-state index contributed by atoms with van der Waals surface area (Å²) >= 11 is 0. The van der Waals surface area contributed by atoms with Crippen molar-refractivity contribution in [3.05, 3.63) is 59.9 Å². The Morgan fingerprint density at radius 2 is 1.70 bits per heavy atom. The molecule has 0 saturated heterocycles. The molecular formula is C21H17F3N4O5. The number of carbonyl (C=O) groups excluding carboxylic acids is 4. The molecule has 9 nitrogen and oxygen atoms in total. The number of hydrazone groups is 1. The second kappa shape index (κ2) is 10.4. The molecule has 12 heteroatoms. The molecule has 2 N–H and O–H groups in total. The van der Waals surface area contributed by atoms with E-state index in [4.69, 9.17) is 4.74 Å². The first-order valence-corrected chi connectivity index (χ1v) is 9.59. The van der Waals surface area contributed by atoms with E-state index in [2.05, 4.69) is 10.4 Å². The highest BCUT2D eigenvalue weighted by molar-refractivity contribution is 6.38. The van der Waals surface area contributed by atoms with Gasteiger partial charge < -0.3 is 15.4 Å². The SMILES string of the molecule is O=C(COC(=O)C1=NN(c2ccccc2)C(=O)CC1)NCC(=O)Nc1ccc(F)c(F)c1F. The third-order valence-corrected chi connectivity index (χ3v) is 4.36. The lowest BCUT2D eigenvalue weighted by Gasteiger charge is -2.22. The minimum atomic E-state index is -1.75. The first kappa shape index (κ1) is 23.4. The molecule has 0 aromatic heterocycles. The van der Waals surface area contributed by atoms with Gasteiger partial charge in [0.05, 0.1) is 17.9 Å². The Morgan fingerprint density at radius 1 is 0.970 bits per heavy atom. The summed E-state index contributed by atoms with van der Waals surface area (Å²) in [5.41, 5.74) is -0.195. The Balaban J connectivity index is 1.48. The van der Waals surface area contributed by atoms with Gasteiger partial charge >= 0.3 is 5.97 Å². The first-order valence-electron chi connectivity index (χ1n) is 9.59. The number of anilines is 2. The fraction of sp³-hybridized carbons (Fsp3) is 0.190. The highest BCUT2D eigenvalue weighted by Gasteiger charge is 2.27. The van der Waals surface area contributed by atoms with Crippen molar-refractivity contribution in [3.63, 3.8) is 0 Å². The number of nitrogens with zero attached hydrogens (tertiary/aromatic N) is 2. The van der Waals surface area contributed by atoms with Crippen molar-refractivity contribution in [1.82, 2.24) is 5.32 Å². The smallest absolute Gasteiger partial charge is 0.355 e. The number of ether oxygens (including phenoxy) is 1. The average molecular weight is 462 g/mol. The van der Waals surface area contributed by atoms with Crippen molar-refractivity contribution in [2.24, 2.45) is 5.10 Å². The van der Waals surface area contributed by atoms with Gasteiger partial charge in [-0.2, -0.15) is 5.10 Å². The summed E-state index contributed by atoms with van der Waals surface area (Å²) in [4.78, 5) is 47.9. The lowest BCUT2D eigenvalue weighted by Crippen LogP contribution is -2.38. The summed E-state index contributed by atoms with van der Waals surface area (Å²) in [5, 5.41) is 9.16. The fourth-order valence-electron chi connectivity index (χ4n) is 2.73. The van der Waals surface area contributed by atoms with Crippen LogP contribution in [-0.2, 0) is 23.9 Å². The zero-order valence-corrected chi connectivity index (χ0v) is 16.9. The number of amides is 3. The predicted molar refractivity (Wildman–Crippen MR) is 110 cm³/mol. The quantitative estimate of drug-likeness (QED) is 0.482. The van der Waals surface area contributed by atoms with E-state index in [1.54, 1.807) is 30.3 Å². The van der Waals surface area contributed by atoms with E-state index >= 15 is 0 Å². The van der Waals surface area contributed by atoms with E-state index in [1.807, 2.05) is 5.32 Å². The number of benzene rings is 2. The Morgan fingerprint density at radius 3 is 2.42 bits per heavy atom.